The Balaban J connectivity index is 1.54. The molecule has 132 valence electrons. The lowest BCUT2D eigenvalue weighted by atomic mass is 10.3. The van der Waals surface area contributed by atoms with Crippen molar-refractivity contribution in [2.45, 2.75) is 12.5 Å². The third-order valence-electron chi connectivity index (χ3n) is 3.53. The molecule has 3 heterocycles. The van der Waals surface area contributed by atoms with Gasteiger partial charge in [-0.25, -0.2) is 8.42 Å². The number of carbonyl (C=O) groups excluding carboxylic acids is 2. The van der Waals surface area contributed by atoms with Crippen molar-refractivity contribution in [3.05, 3.63) is 38.8 Å². The number of sulfone groups is 1. The molecule has 6 nitrogen and oxygen atoms in total. The number of thiocarbonyl (C=S) groups is 1. The lowest BCUT2D eigenvalue weighted by molar-refractivity contribution is -0.124. The van der Waals surface area contributed by atoms with Crippen molar-refractivity contribution >= 4 is 67.4 Å². The zero-order valence-electron chi connectivity index (χ0n) is 12.9. The van der Waals surface area contributed by atoms with Gasteiger partial charge in [0, 0.05) is 23.3 Å². The number of thioether (sulfide) groups is 1. The summed E-state index contributed by atoms with van der Waals surface area (Å²) >= 11 is 7.97. The molecule has 3 rings (SSSR count). The molecule has 1 aromatic heterocycles. The third kappa shape index (κ3) is 4.57. The van der Waals surface area contributed by atoms with E-state index in [1.807, 2.05) is 17.5 Å². The molecule has 1 atom stereocenters. The van der Waals surface area contributed by atoms with Crippen LogP contribution in [0, 0.1) is 0 Å². The summed E-state index contributed by atoms with van der Waals surface area (Å²) in [4.78, 5) is 27.3. The van der Waals surface area contributed by atoms with Crippen LogP contribution in [0.3, 0.4) is 0 Å². The number of carbonyl (C=O) groups is 2. The average Bonchev–Trinajstić information content (AvgIpc) is 3.21. The Morgan fingerprint density at radius 3 is 2.92 bits per heavy atom. The first-order chi connectivity index (χ1) is 11.8. The first-order valence-electron chi connectivity index (χ1n) is 7.33. The number of hydrogen-bond acceptors (Lipinski definition) is 7. The molecule has 2 aliphatic rings. The maximum Gasteiger partial charge on any atom is 0.266 e. The minimum absolute atomic E-state index is 0.0586. The number of amides is 2. The summed E-state index contributed by atoms with van der Waals surface area (Å²) < 4.78 is 23.1. The van der Waals surface area contributed by atoms with Crippen LogP contribution in [0.4, 0.5) is 0 Å². The third-order valence-corrected chi connectivity index (χ3v) is 7.12. The van der Waals surface area contributed by atoms with Crippen LogP contribution in [0.5, 0.6) is 0 Å². The molecule has 25 heavy (non-hydrogen) atoms. The molecule has 1 N–H and O–H groups in total. The Bertz CT molecular complexity index is 871. The second-order valence-corrected chi connectivity index (χ2v) is 10.0. The summed E-state index contributed by atoms with van der Waals surface area (Å²) in [7, 11) is -3.21. The van der Waals surface area contributed by atoms with Gasteiger partial charge in [-0.1, -0.05) is 30.0 Å². The average molecular weight is 415 g/mol. The lowest BCUT2D eigenvalue weighted by Gasteiger charge is -2.15. The molecule has 1 saturated heterocycles. The monoisotopic (exact) mass is 414 g/mol. The van der Waals surface area contributed by atoms with E-state index in [1.165, 1.54) is 34.1 Å². The van der Waals surface area contributed by atoms with Crippen molar-refractivity contribution < 1.29 is 18.0 Å². The van der Waals surface area contributed by atoms with Crippen LogP contribution in [-0.2, 0) is 19.4 Å². The van der Waals surface area contributed by atoms with E-state index < -0.39 is 15.9 Å². The van der Waals surface area contributed by atoms with Gasteiger partial charge < -0.3 is 5.32 Å². The highest BCUT2D eigenvalue weighted by Gasteiger charge is 2.32. The molecule has 0 saturated carbocycles. The van der Waals surface area contributed by atoms with Gasteiger partial charge in [-0.05, 0) is 23.6 Å². The number of nitrogens with zero attached hydrogens (tertiary/aromatic N) is 1. The number of rotatable bonds is 5. The fourth-order valence-electron chi connectivity index (χ4n) is 2.35. The molecular formula is C15H14N2O4S4. The van der Waals surface area contributed by atoms with E-state index >= 15 is 0 Å². The zero-order chi connectivity index (χ0) is 18.0. The van der Waals surface area contributed by atoms with Crippen LogP contribution in [0.25, 0.3) is 6.08 Å². The predicted octanol–water partition coefficient (Wildman–Crippen LogP) is 1.77. The van der Waals surface area contributed by atoms with E-state index in [9.17, 15) is 18.0 Å². The Labute approximate surface area is 158 Å². The van der Waals surface area contributed by atoms with Crippen LogP contribution in [-0.4, -0.2) is 47.8 Å². The van der Waals surface area contributed by atoms with Crippen LogP contribution >= 0.6 is 35.3 Å². The highest BCUT2D eigenvalue weighted by Crippen LogP contribution is 2.33. The molecular weight excluding hydrogens is 400 g/mol. The molecule has 2 amide bonds. The highest BCUT2D eigenvalue weighted by molar-refractivity contribution is 8.26. The van der Waals surface area contributed by atoms with E-state index in [-0.39, 0.29) is 30.5 Å². The van der Waals surface area contributed by atoms with Gasteiger partial charge in [-0.15, -0.1) is 11.3 Å². The van der Waals surface area contributed by atoms with Crippen molar-refractivity contribution in [1.29, 1.82) is 0 Å². The van der Waals surface area contributed by atoms with Crippen LogP contribution in [0.1, 0.15) is 11.3 Å². The molecule has 0 aromatic carbocycles. The molecule has 0 unspecified atom stereocenters. The largest absolute Gasteiger partial charge is 0.349 e. The van der Waals surface area contributed by atoms with E-state index in [0.717, 1.165) is 10.3 Å². The van der Waals surface area contributed by atoms with Gasteiger partial charge in [0.05, 0.1) is 16.7 Å². The Kier molecular flexibility index (Phi) is 5.42. The molecule has 0 bridgehead atoms. The smallest absolute Gasteiger partial charge is 0.266 e. The fraction of sp³-hybridized carbons (Fsp3) is 0.267. The van der Waals surface area contributed by atoms with Gasteiger partial charge in [-0.2, -0.15) is 0 Å². The number of nitrogens with one attached hydrogen (secondary N) is 1. The van der Waals surface area contributed by atoms with Crippen molar-refractivity contribution in [2.75, 3.05) is 12.3 Å². The molecule has 0 aliphatic carbocycles. The molecule has 1 fully saturated rings. The first kappa shape index (κ1) is 18.3. The van der Waals surface area contributed by atoms with E-state index in [1.54, 1.807) is 6.08 Å². The summed E-state index contributed by atoms with van der Waals surface area (Å²) in [6.07, 6.45) is 3.30. The standard InChI is InChI=1S/C15H14N2O4S4/c18-13(16-10-4-7-25(20,21)9-10)3-5-17-14(19)12(24-15(17)22)8-11-2-1-6-23-11/h1-2,4,6-8,10H,3,5,9H2,(H,16,18)/b12-8-/t10-/m1/s1. The van der Waals surface area contributed by atoms with Crippen LogP contribution in [0.2, 0.25) is 0 Å². The quantitative estimate of drug-likeness (QED) is 0.584. The van der Waals surface area contributed by atoms with Gasteiger partial charge in [0.25, 0.3) is 5.91 Å². The molecule has 0 spiro atoms. The van der Waals surface area contributed by atoms with Crippen LogP contribution < -0.4 is 5.32 Å². The van der Waals surface area contributed by atoms with Crippen LogP contribution in [0.15, 0.2) is 33.9 Å². The van der Waals surface area contributed by atoms with Gasteiger partial charge in [0.1, 0.15) is 4.32 Å². The topological polar surface area (TPSA) is 83.6 Å². The summed E-state index contributed by atoms with van der Waals surface area (Å²) in [6, 6.07) is 3.30. The lowest BCUT2D eigenvalue weighted by Crippen LogP contribution is -2.38. The molecule has 10 heteroatoms. The second-order valence-electron chi connectivity index (χ2n) is 5.43. The Hall–Kier alpha value is -1.49. The second kappa shape index (κ2) is 7.40. The Morgan fingerprint density at radius 2 is 2.28 bits per heavy atom. The van der Waals surface area contributed by atoms with Crippen molar-refractivity contribution in [1.82, 2.24) is 10.2 Å². The van der Waals surface area contributed by atoms with Crippen molar-refractivity contribution in [3.8, 4) is 0 Å². The van der Waals surface area contributed by atoms with Gasteiger partial charge >= 0.3 is 0 Å². The first-order valence-corrected chi connectivity index (χ1v) is 11.2. The minimum atomic E-state index is -3.21. The summed E-state index contributed by atoms with van der Waals surface area (Å²) in [5.41, 5.74) is 0. The van der Waals surface area contributed by atoms with Gasteiger partial charge in [-0.3, -0.25) is 14.5 Å². The summed E-state index contributed by atoms with van der Waals surface area (Å²) in [6.45, 7) is 0.168. The molecule has 2 aliphatic heterocycles. The minimum Gasteiger partial charge on any atom is -0.349 e. The van der Waals surface area contributed by atoms with Gasteiger partial charge in [0.15, 0.2) is 9.84 Å². The van der Waals surface area contributed by atoms with E-state index in [0.29, 0.717) is 9.23 Å². The maximum atomic E-state index is 12.4. The normalized spacial score (nSPS) is 23.6. The Morgan fingerprint density at radius 1 is 1.48 bits per heavy atom. The number of hydrogen-bond donors (Lipinski definition) is 1. The number of thiophene rings is 1. The zero-order valence-corrected chi connectivity index (χ0v) is 16.1. The summed E-state index contributed by atoms with van der Waals surface area (Å²) in [5, 5.41) is 5.66. The highest BCUT2D eigenvalue weighted by atomic mass is 32.2. The summed E-state index contributed by atoms with van der Waals surface area (Å²) in [5.74, 6) is -0.647. The molecule has 0 radical (unpaired) electrons. The fourth-order valence-corrected chi connectivity index (χ4v) is 5.62. The van der Waals surface area contributed by atoms with Crippen molar-refractivity contribution in [2.24, 2.45) is 0 Å². The maximum absolute atomic E-state index is 12.4. The van der Waals surface area contributed by atoms with E-state index in [2.05, 4.69) is 5.32 Å². The SMILES string of the molecule is O=C(CCN1C(=O)/C(=C/c2cccs2)SC1=S)N[C@@H]1C=CS(=O)(=O)C1. The predicted molar refractivity (Wildman–Crippen MR) is 104 cm³/mol. The van der Waals surface area contributed by atoms with Gasteiger partial charge in [0.2, 0.25) is 5.91 Å². The van der Waals surface area contributed by atoms with Crippen molar-refractivity contribution in [3.63, 3.8) is 0 Å². The van der Waals surface area contributed by atoms with E-state index in [4.69, 9.17) is 12.2 Å². The molecule has 1 aromatic rings.